The molecule has 0 heterocycles. The summed E-state index contributed by atoms with van der Waals surface area (Å²) in [6.45, 7) is 7.30. The van der Waals surface area contributed by atoms with Gasteiger partial charge in [-0.2, -0.15) is 0 Å². The van der Waals surface area contributed by atoms with E-state index >= 15 is 0 Å². The Balaban J connectivity index is 3.93. The summed E-state index contributed by atoms with van der Waals surface area (Å²) in [5.74, 6) is 0.666. The minimum Gasteiger partial charge on any atom is -0.382 e. The van der Waals surface area contributed by atoms with Crippen LogP contribution in [0.2, 0.25) is 0 Å². The van der Waals surface area contributed by atoms with Crippen molar-refractivity contribution in [2.75, 3.05) is 20.3 Å². The zero-order valence-electron chi connectivity index (χ0n) is 11.7. The van der Waals surface area contributed by atoms with E-state index in [0.29, 0.717) is 25.5 Å². The number of methoxy groups -OCH3 is 1. The number of nitrogens with one attached hydrogen (secondary N) is 1. The van der Waals surface area contributed by atoms with Gasteiger partial charge in [0.1, 0.15) is 0 Å². The summed E-state index contributed by atoms with van der Waals surface area (Å²) in [7, 11) is 1.64. The monoisotopic (exact) mass is 244 g/mol. The summed E-state index contributed by atoms with van der Waals surface area (Å²) in [6, 6.07) is 0. The quantitative estimate of drug-likeness (QED) is 0.648. The van der Waals surface area contributed by atoms with Crippen LogP contribution in [0.4, 0.5) is 0 Å². The van der Waals surface area contributed by atoms with E-state index in [1.807, 2.05) is 13.8 Å². The molecule has 0 saturated carbocycles. The van der Waals surface area contributed by atoms with Crippen LogP contribution in [0.25, 0.3) is 0 Å². The van der Waals surface area contributed by atoms with E-state index in [1.165, 1.54) is 0 Å². The number of hydrogen-bond acceptors (Lipinski definition) is 3. The topological polar surface area (TPSA) is 64.4 Å². The molecule has 0 spiro atoms. The zero-order valence-corrected chi connectivity index (χ0v) is 11.7. The van der Waals surface area contributed by atoms with E-state index in [2.05, 4.69) is 12.2 Å². The maximum Gasteiger partial charge on any atom is 0.220 e. The average molecular weight is 244 g/mol. The van der Waals surface area contributed by atoms with Crippen LogP contribution in [0.5, 0.6) is 0 Å². The van der Waals surface area contributed by atoms with Crippen LogP contribution in [-0.2, 0) is 9.53 Å². The van der Waals surface area contributed by atoms with Gasteiger partial charge in [0, 0.05) is 13.5 Å². The zero-order chi connectivity index (χ0) is 13.3. The molecule has 0 rings (SSSR count). The van der Waals surface area contributed by atoms with Gasteiger partial charge >= 0.3 is 0 Å². The van der Waals surface area contributed by atoms with Gasteiger partial charge in [-0.1, -0.05) is 13.3 Å². The number of hydrogen-bond donors (Lipinski definition) is 2. The summed E-state index contributed by atoms with van der Waals surface area (Å²) in [5, 5.41) is 2.98. The molecule has 0 aromatic rings. The van der Waals surface area contributed by atoms with E-state index in [1.54, 1.807) is 7.11 Å². The average Bonchev–Trinajstić information content (AvgIpc) is 2.23. The molecule has 0 aromatic heterocycles. The van der Waals surface area contributed by atoms with Crippen molar-refractivity contribution in [3.63, 3.8) is 0 Å². The highest BCUT2D eigenvalue weighted by molar-refractivity contribution is 5.76. The van der Waals surface area contributed by atoms with Gasteiger partial charge < -0.3 is 15.8 Å². The molecule has 0 aliphatic heterocycles. The molecule has 0 radical (unpaired) electrons. The van der Waals surface area contributed by atoms with Crippen molar-refractivity contribution in [3.05, 3.63) is 0 Å². The fourth-order valence-corrected chi connectivity index (χ4v) is 1.96. The molecular weight excluding hydrogens is 216 g/mol. The molecule has 1 amide bonds. The Kier molecular flexibility index (Phi) is 8.17. The van der Waals surface area contributed by atoms with E-state index in [0.717, 1.165) is 19.3 Å². The molecule has 1 unspecified atom stereocenters. The van der Waals surface area contributed by atoms with Crippen molar-refractivity contribution in [1.82, 2.24) is 5.32 Å². The molecule has 0 bridgehead atoms. The Morgan fingerprint density at radius 1 is 1.41 bits per heavy atom. The van der Waals surface area contributed by atoms with E-state index in [-0.39, 0.29) is 11.4 Å². The first kappa shape index (κ1) is 16.4. The van der Waals surface area contributed by atoms with Gasteiger partial charge in [-0.05, 0) is 39.2 Å². The second kappa shape index (κ2) is 8.48. The molecule has 4 heteroatoms. The van der Waals surface area contributed by atoms with E-state index in [4.69, 9.17) is 10.5 Å². The lowest BCUT2D eigenvalue weighted by molar-refractivity contribution is -0.123. The molecule has 3 N–H and O–H groups in total. The Bertz CT molecular complexity index is 217. The van der Waals surface area contributed by atoms with Crippen LogP contribution >= 0.6 is 0 Å². The van der Waals surface area contributed by atoms with Crippen molar-refractivity contribution in [3.8, 4) is 0 Å². The fourth-order valence-electron chi connectivity index (χ4n) is 1.96. The van der Waals surface area contributed by atoms with Gasteiger partial charge in [0.15, 0.2) is 0 Å². The molecule has 0 saturated heterocycles. The van der Waals surface area contributed by atoms with Crippen molar-refractivity contribution in [2.24, 2.45) is 11.7 Å². The number of nitrogens with two attached hydrogens (primary N) is 1. The number of carbonyl (C=O) groups is 1. The number of rotatable bonds is 9. The van der Waals surface area contributed by atoms with Gasteiger partial charge in [-0.15, -0.1) is 0 Å². The highest BCUT2D eigenvalue weighted by atomic mass is 16.5. The van der Waals surface area contributed by atoms with E-state index in [9.17, 15) is 4.79 Å². The maximum absolute atomic E-state index is 11.8. The highest BCUT2D eigenvalue weighted by Gasteiger charge is 2.20. The predicted molar refractivity (Wildman–Crippen MR) is 70.8 cm³/mol. The molecule has 4 nitrogen and oxygen atoms in total. The third-order valence-electron chi connectivity index (χ3n) is 2.91. The Labute approximate surface area is 105 Å². The van der Waals surface area contributed by atoms with Gasteiger partial charge in [-0.3, -0.25) is 4.79 Å². The van der Waals surface area contributed by atoms with Gasteiger partial charge in [0.05, 0.1) is 12.1 Å². The standard InChI is InChI=1S/C13H28N2O2/c1-5-11(8-9-14)6-7-12(16)15-13(2,3)10-17-4/h11H,5-10,14H2,1-4H3,(H,15,16). The number of amides is 1. The first-order valence-corrected chi connectivity index (χ1v) is 6.45. The second-order valence-electron chi connectivity index (χ2n) is 5.26. The maximum atomic E-state index is 11.8. The molecule has 102 valence electrons. The Morgan fingerprint density at radius 2 is 2.06 bits per heavy atom. The number of carbonyl (C=O) groups excluding carboxylic acids is 1. The van der Waals surface area contributed by atoms with Crippen molar-refractivity contribution in [2.45, 2.75) is 52.0 Å². The molecule has 0 aliphatic rings. The van der Waals surface area contributed by atoms with Gasteiger partial charge in [-0.25, -0.2) is 0 Å². The Hall–Kier alpha value is -0.610. The third-order valence-corrected chi connectivity index (χ3v) is 2.91. The van der Waals surface area contributed by atoms with Gasteiger partial charge in [0.25, 0.3) is 0 Å². The van der Waals surface area contributed by atoms with Crippen LogP contribution in [-0.4, -0.2) is 31.7 Å². The lowest BCUT2D eigenvalue weighted by atomic mass is 9.96. The third kappa shape index (κ3) is 8.16. The lowest BCUT2D eigenvalue weighted by Gasteiger charge is -2.25. The van der Waals surface area contributed by atoms with Crippen molar-refractivity contribution < 1.29 is 9.53 Å². The van der Waals surface area contributed by atoms with E-state index < -0.39 is 0 Å². The molecule has 0 aromatic carbocycles. The fraction of sp³-hybridized carbons (Fsp3) is 0.923. The largest absolute Gasteiger partial charge is 0.382 e. The Morgan fingerprint density at radius 3 is 2.53 bits per heavy atom. The minimum atomic E-state index is -0.290. The molecule has 1 atom stereocenters. The van der Waals surface area contributed by atoms with Gasteiger partial charge in [0.2, 0.25) is 5.91 Å². The molecule has 17 heavy (non-hydrogen) atoms. The second-order valence-corrected chi connectivity index (χ2v) is 5.26. The SMILES string of the molecule is CCC(CCN)CCC(=O)NC(C)(C)COC. The summed E-state index contributed by atoms with van der Waals surface area (Å²) >= 11 is 0. The molecule has 0 aliphatic carbocycles. The number of ether oxygens (including phenoxy) is 1. The van der Waals surface area contributed by atoms with Crippen LogP contribution in [0.1, 0.15) is 46.5 Å². The summed E-state index contributed by atoms with van der Waals surface area (Å²) < 4.78 is 5.06. The smallest absolute Gasteiger partial charge is 0.220 e. The normalized spacial score (nSPS) is 13.5. The summed E-state index contributed by atoms with van der Waals surface area (Å²) in [6.07, 6.45) is 3.59. The summed E-state index contributed by atoms with van der Waals surface area (Å²) in [4.78, 5) is 11.8. The van der Waals surface area contributed by atoms with Crippen LogP contribution < -0.4 is 11.1 Å². The predicted octanol–water partition coefficient (Wildman–Crippen LogP) is 1.68. The minimum absolute atomic E-state index is 0.0996. The van der Waals surface area contributed by atoms with Crippen molar-refractivity contribution in [1.29, 1.82) is 0 Å². The van der Waals surface area contributed by atoms with Crippen LogP contribution in [0.3, 0.4) is 0 Å². The first-order chi connectivity index (χ1) is 7.95. The first-order valence-electron chi connectivity index (χ1n) is 6.45. The van der Waals surface area contributed by atoms with Crippen LogP contribution in [0, 0.1) is 5.92 Å². The molecular formula is C13H28N2O2. The molecule has 0 fully saturated rings. The van der Waals surface area contributed by atoms with Crippen molar-refractivity contribution >= 4 is 5.91 Å². The highest BCUT2D eigenvalue weighted by Crippen LogP contribution is 2.14. The lowest BCUT2D eigenvalue weighted by Crippen LogP contribution is -2.46. The summed E-state index contributed by atoms with van der Waals surface area (Å²) in [5.41, 5.74) is 5.25. The van der Waals surface area contributed by atoms with Crippen LogP contribution in [0.15, 0.2) is 0 Å².